The van der Waals surface area contributed by atoms with Crippen molar-refractivity contribution >= 4 is 0 Å². The molecule has 0 spiro atoms. The molecule has 3 nitrogen and oxygen atoms in total. The Morgan fingerprint density at radius 3 is 2.38 bits per heavy atom. The molecule has 1 N–H and O–H groups in total. The summed E-state index contributed by atoms with van der Waals surface area (Å²) in [5.41, 5.74) is 3.68. The molecule has 1 aromatic heterocycles. The van der Waals surface area contributed by atoms with Gasteiger partial charge in [0.1, 0.15) is 0 Å². The van der Waals surface area contributed by atoms with E-state index in [2.05, 4.69) is 78.6 Å². The molecule has 0 radical (unpaired) electrons. The van der Waals surface area contributed by atoms with E-state index in [1.807, 2.05) is 6.20 Å². The van der Waals surface area contributed by atoms with Gasteiger partial charge in [0.15, 0.2) is 0 Å². The first-order valence-electron chi connectivity index (χ1n) is 7.53. The van der Waals surface area contributed by atoms with Gasteiger partial charge >= 0.3 is 0 Å². The largest absolute Gasteiger partial charge is 0.310 e. The Morgan fingerprint density at radius 1 is 1.00 bits per heavy atom. The van der Waals surface area contributed by atoms with Crippen LogP contribution in [-0.2, 0) is 19.6 Å². The average Bonchev–Trinajstić information content (AvgIpc) is 2.47. The van der Waals surface area contributed by atoms with Crippen molar-refractivity contribution in [2.45, 2.75) is 39.5 Å². The zero-order valence-electron chi connectivity index (χ0n) is 13.2. The Morgan fingerprint density at radius 2 is 1.76 bits per heavy atom. The number of pyridine rings is 1. The van der Waals surface area contributed by atoms with Crippen LogP contribution in [0.25, 0.3) is 0 Å². The van der Waals surface area contributed by atoms with Crippen molar-refractivity contribution in [2.24, 2.45) is 0 Å². The summed E-state index contributed by atoms with van der Waals surface area (Å²) in [6.07, 6.45) is 1.97. The number of aromatic nitrogens is 1. The number of nitrogens with one attached hydrogen (secondary N) is 1. The molecule has 2 rings (SSSR count). The standard InChI is InChI=1S/C18H25N3/c1-15(2)19-11-17-9-10-18(20-12-17)14-21(3)13-16-7-5-4-6-8-16/h4-10,12,15,19H,11,13-14H2,1-3H3. The summed E-state index contributed by atoms with van der Waals surface area (Å²) in [4.78, 5) is 6.84. The van der Waals surface area contributed by atoms with Crippen LogP contribution in [-0.4, -0.2) is 23.0 Å². The molecule has 0 atom stereocenters. The van der Waals surface area contributed by atoms with E-state index in [1.54, 1.807) is 0 Å². The van der Waals surface area contributed by atoms with Crippen LogP contribution in [0.3, 0.4) is 0 Å². The molecule has 3 heteroatoms. The van der Waals surface area contributed by atoms with Crippen LogP contribution in [0.4, 0.5) is 0 Å². The Balaban J connectivity index is 1.85. The van der Waals surface area contributed by atoms with Crippen LogP contribution >= 0.6 is 0 Å². The fraction of sp³-hybridized carbons (Fsp3) is 0.389. The van der Waals surface area contributed by atoms with Crippen LogP contribution in [0.5, 0.6) is 0 Å². The molecular weight excluding hydrogens is 258 g/mol. The molecule has 0 bridgehead atoms. The lowest BCUT2D eigenvalue weighted by molar-refractivity contribution is 0.315. The molecule has 112 valence electrons. The fourth-order valence-electron chi connectivity index (χ4n) is 2.20. The van der Waals surface area contributed by atoms with E-state index in [9.17, 15) is 0 Å². The molecule has 0 aliphatic heterocycles. The predicted molar refractivity (Wildman–Crippen MR) is 87.8 cm³/mol. The van der Waals surface area contributed by atoms with E-state index in [0.29, 0.717) is 6.04 Å². The summed E-state index contributed by atoms with van der Waals surface area (Å²) < 4.78 is 0. The highest BCUT2D eigenvalue weighted by Gasteiger charge is 2.03. The van der Waals surface area contributed by atoms with Gasteiger partial charge in [-0.05, 0) is 24.2 Å². The second kappa shape index (κ2) is 7.91. The second-order valence-corrected chi connectivity index (χ2v) is 5.85. The molecule has 21 heavy (non-hydrogen) atoms. The number of benzene rings is 1. The minimum atomic E-state index is 0.502. The van der Waals surface area contributed by atoms with Crippen LogP contribution in [0.15, 0.2) is 48.7 Å². The van der Waals surface area contributed by atoms with Gasteiger partial charge in [0.2, 0.25) is 0 Å². The summed E-state index contributed by atoms with van der Waals surface area (Å²) in [5, 5.41) is 3.40. The Hall–Kier alpha value is -1.71. The Labute approximate surface area is 128 Å². The average molecular weight is 283 g/mol. The molecule has 0 fully saturated rings. The molecule has 0 saturated carbocycles. The summed E-state index contributed by atoms with van der Waals surface area (Å²) in [6.45, 7) is 7.00. The van der Waals surface area contributed by atoms with Crippen molar-refractivity contribution in [3.05, 3.63) is 65.5 Å². The van der Waals surface area contributed by atoms with Gasteiger partial charge < -0.3 is 5.32 Å². The van der Waals surface area contributed by atoms with E-state index < -0.39 is 0 Å². The zero-order valence-corrected chi connectivity index (χ0v) is 13.2. The highest BCUT2D eigenvalue weighted by molar-refractivity contribution is 5.16. The molecule has 1 heterocycles. The van der Waals surface area contributed by atoms with Crippen LogP contribution in [0.1, 0.15) is 30.7 Å². The summed E-state index contributed by atoms with van der Waals surface area (Å²) in [7, 11) is 2.13. The van der Waals surface area contributed by atoms with Gasteiger partial charge in [-0.2, -0.15) is 0 Å². The van der Waals surface area contributed by atoms with Gasteiger partial charge in [0.05, 0.1) is 5.69 Å². The van der Waals surface area contributed by atoms with E-state index in [0.717, 1.165) is 25.3 Å². The summed E-state index contributed by atoms with van der Waals surface area (Å²) >= 11 is 0. The molecule has 1 aromatic carbocycles. The van der Waals surface area contributed by atoms with Gasteiger partial charge in [-0.25, -0.2) is 0 Å². The number of hydrogen-bond donors (Lipinski definition) is 1. The van der Waals surface area contributed by atoms with E-state index in [-0.39, 0.29) is 0 Å². The molecule has 0 aliphatic carbocycles. The fourth-order valence-corrected chi connectivity index (χ4v) is 2.20. The zero-order chi connectivity index (χ0) is 15.1. The van der Waals surface area contributed by atoms with Crippen molar-refractivity contribution < 1.29 is 0 Å². The van der Waals surface area contributed by atoms with E-state index in [4.69, 9.17) is 0 Å². The molecule has 0 unspecified atom stereocenters. The quantitative estimate of drug-likeness (QED) is 0.845. The minimum Gasteiger partial charge on any atom is -0.310 e. The van der Waals surface area contributed by atoms with Crippen LogP contribution in [0.2, 0.25) is 0 Å². The number of rotatable bonds is 7. The monoisotopic (exact) mass is 283 g/mol. The van der Waals surface area contributed by atoms with Crippen molar-refractivity contribution in [3.8, 4) is 0 Å². The lowest BCUT2D eigenvalue weighted by atomic mass is 10.2. The van der Waals surface area contributed by atoms with Gasteiger partial charge in [0, 0.05) is 31.9 Å². The van der Waals surface area contributed by atoms with E-state index >= 15 is 0 Å². The smallest absolute Gasteiger partial charge is 0.0544 e. The maximum atomic E-state index is 4.56. The van der Waals surface area contributed by atoms with Crippen LogP contribution in [0, 0.1) is 0 Å². The third kappa shape index (κ3) is 5.66. The van der Waals surface area contributed by atoms with Gasteiger partial charge in [0.25, 0.3) is 0 Å². The predicted octanol–water partition coefficient (Wildman–Crippen LogP) is 3.21. The number of nitrogens with zero attached hydrogens (tertiary/aromatic N) is 2. The maximum absolute atomic E-state index is 4.56. The van der Waals surface area contributed by atoms with Gasteiger partial charge in [-0.15, -0.1) is 0 Å². The first-order chi connectivity index (χ1) is 10.1. The molecule has 2 aromatic rings. The first-order valence-corrected chi connectivity index (χ1v) is 7.53. The lowest BCUT2D eigenvalue weighted by Gasteiger charge is -2.16. The van der Waals surface area contributed by atoms with Gasteiger partial charge in [-0.1, -0.05) is 50.2 Å². The molecule has 0 aliphatic rings. The normalized spacial score (nSPS) is 11.3. The van der Waals surface area contributed by atoms with Crippen molar-refractivity contribution in [1.29, 1.82) is 0 Å². The lowest BCUT2D eigenvalue weighted by Crippen LogP contribution is -2.22. The number of hydrogen-bond acceptors (Lipinski definition) is 3. The minimum absolute atomic E-state index is 0.502. The van der Waals surface area contributed by atoms with Crippen LogP contribution < -0.4 is 5.32 Å². The molecular formula is C18H25N3. The molecule has 0 amide bonds. The Bertz CT molecular complexity index is 520. The van der Waals surface area contributed by atoms with E-state index in [1.165, 1.54) is 11.1 Å². The van der Waals surface area contributed by atoms with Crippen molar-refractivity contribution in [3.63, 3.8) is 0 Å². The maximum Gasteiger partial charge on any atom is 0.0544 e. The molecule has 0 saturated heterocycles. The van der Waals surface area contributed by atoms with Crippen molar-refractivity contribution in [1.82, 2.24) is 15.2 Å². The SMILES string of the molecule is CC(C)NCc1ccc(CN(C)Cc2ccccc2)nc1. The topological polar surface area (TPSA) is 28.2 Å². The summed E-state index contributed by atoms with van der Waals surface area (Å²) in [5.74, 6) is 0. The first kappa shape index (κ1) is 15.7. The highest BCUT2D eigenvalue weighted by Crippen LogP contribution is 2.07. The Kier molecular flexibility index (Phi) is 5.90. The second-order valence-electron chi connectivity index (χ2n) is 5.85. The third-order valence-electron chi connectivity index (χ3n) is 3.33. The summed E-state index contributed by atoms with van der Waals surface area (Å²) in [6, 6.07) is 15.3. The highest BCUT2D eigenvalue weighted by atomic mass is 15.1. The van der Waals surface area contributed by atoms with Crippen molar-refractivity contribution in [2.75, 3.05) is 7.05 Å². The third-order valence-corrected chi connectivity index (χ3v) is 3.33. The van der Waals surface area contributed by atoms with Gasteiger partial charge in [-0.3, -0.25) is 9.88 Å².